The second kappa shape index (κ2) is 12.9. The van der Waals surface area contributed by atoms with Gasteiger partial charge < -0.3 is 9.47 Å². The Kier molecular flexibility index (Phi) is 9.62. The van der Waals surface area contributed by atoms with Gasteiger partial charge in [-0.05, 0) is 73.4 Å². The molecule has 166 valence electrons. The van der Waals surface area contributed by atoms with Crippen LogP contribution in [-0.2, 0) is 0 Å². The van der Waals surface area contributed by atoms with E-state index in [9.17, 15) is 4.79 Å². The Hall–Kier alpha value is -2.62. The molecule has 0 heterocycles. The normalized spacial score (nSPS) is 14.6. The molecule has 0 aromatic heterocycles. The maximum Gasteiger partial charge on any atom is 0.343 e. The summed E-state index contributed by atoms with van der Waals surface area (Å²) in [5, 5.41) is 0. The molecule has 1 fully saturated rings. The van der Waals surface area contributed by atoms with E-state index < -0.39 is 0 Å². The first-order valence-corrected chi connectivity index (χ1v) is 11.8. The maximum atomic E-state index is 12.4. The fraction of sp³-hybridized carbons (Fsp3) is 0.481. The average Bonchev–Trinajstić information content (AvgIpc) is 2.82. The van der Waals surface area contributed by atoms with Crippen molar-refractivity contribution in [2.75, 3.05) is 6.61 Å². The zero-order valence-electron chi connectivity index (χ0n) is 18.7. The summed E-state index contributed by atoms with van der Waals surface area (Å²) in [6, 6.07) is 15.1. The molecule has 0 bridgehead atoms. The number of carbonyl (C=O) groups excluding carboxylic acids is 1. The molecule has 0 radical (unpaired) electrons. The fourth-order valence-corrected chi connectivity index (χ4v) is 3.79. The number of hydrogen-bond acceptors (Lipinski definition) is 4. The molecule has 1 aliphatic carbocycles. The second-order valence-corrected chi connectivity index (χ2v) is 8.32. The number of ether oxygens (including phenoxy) is 2. The van der Waals surface area contributed by atoms with Crippen LogP contribution in [-0.4, -0.2) is 24.8 Å². The van der Waals surface area contributed by atoms with Gasteiger partial charge in [-0.2, -0.15) is 0 Å². The number of hydrogen-bond donors (Lipinski definition) is 0. The quantitative estimate of drug-likeness (QED) is 0.170. The summed E-state index contributed by atoms with van der Waals surface area (Å²) in [5.41, 5.74) is 1.54. The summed E-state index contributed by atoms with van der Waals surface area (Å²) in [4.78, 5) is 17.1. The first-order valence-electron chi connectivity index (χ1n) is 11.8. The number of unbranched alkanes of at least 4 members (excludes halogenated alkanes) is 4. The molecular weight excluding hydrogens is 386 g/mol. The van der Waals surface area contributed by atoms with Gasteiger partial charge in [0, 0.05) is 12.3 Å². The van der Waals surface area contributed by atoms with Gasteiger partial charge in [-0.3, -0.25) is 4.99 Å². The Bertz CT molecular complexity index is 805. The summed E-state index contributed by atoms with van der Waals surface area (Å²) in [7, 11) is 0. The molecule has 0 unspecified atom stereocenters. The summed E-state index contributed by atoms with van der Waals surface area (Å²) in [6.45, 7) is 2.93. The van der Waals surface area contributed by atoms with E-state index in [4.69, 9.17) is 14.5 Å². The topological polar surface area (TPSA) is 47.9 Å². The van der Waals surface area contributed by atoms with Gasteiger partial charge in [-0.1, -0.05) is 51.9 Å². The van der Waals surface area contributed by atoms with Gasteiger partial charge in [0.05, 0.1) is 12.2 Å². The van der Waals surface area contributed by atoms with Crippen LogP contribution >= 0.6 is 0 Å². The van der Waals surface area contributed by atoms with E-state index in [-0.39, 0.29) is 5.97 Å². The van der Waals surface area contributed by atoms with Crippen molar-refractivity contribution in [1.29, 1.82) is 0 Å². The minimum atomic E-state index is -0.366. The van der Waals surface area contributed by atoms with E-state index in [1.165, 1.54) is 57.8 Å². The molecule has 2 aromatic rings. The number of nitrogens with zero attached hydrogens (tertiary/aromatic N) is 1. The van der Waals surface area contributed by atoms with Crippen LogP contribution < -0.4 is 9.47 Å². The number of carbonyl (C=O) groups is 1. The maximum absolute atomic E-state index is 12.4. The Morgan fingerprint density at radius 2 is 1.58 bits per heavy atom. The third-order valence-corrected chi connectivity index (χ3v) is 5.71. The predicted molar refractivity (Wildman–Crippen MR) is 127 cm³/mol. The van der Waals surface area contributed by atoms with Crippen LogP contribution in [0.15, 0.2) is 53.5 Å². The highest BCUT2D eigenvalue weighted by molar-refractivity contribution is 5.91. The lowest BCUT2D eigenvalue weighted by molar-refractivity contribution is 0.0734. The van der Waals surface area contributed by atoms with Crippen LogP contribution in [0, 0.1) is 0 Å². The molecule has 4 nitrogen and oxygen atoms in total. The molecule has 0 saturated heterocycles. The van der Waals surface area contributed by atoms with E-state index in [0.717, 1.165) is 17.7 Å². The van der Waals surface area contributed by atoms with Crippen LogP contribution in [0.4, 0.5) is 0 Å². The van der Waals surface area contributed by atoms with Crippen LogP contribution in [0.2, 0.25) is 0 Å². The van der Waals surface area contributed by atoms with Crippen LogP contribution in [0.25, 0.3) is 0 Å². The van der Waals surface area contributed by atoms with Crippen molar-refractivity contribution < 1.29 is 14.3 Å². The predicted octanol–water partition coefficient (Wildman–Crippen LogP) is 7.01. The van der Waals surface area contributed by atoms with Crippen molar-refractivity contribution in [3.8, 4) is 11.5 Å². The van der Waals surface area contributed by atoms with E-state index in [0.29, 0.717) is 24.0 Å². The monoisotopic (exact) mass is 421 g/mol. The zero-order valence-corrected chi connectivity index (χ0v) is 18.7. The van der Waals surface area contributed by atoms with Gasteiger partial charge in [0.1, 0.15) is 11.5 Å². The minimum absolute atomic E-state index is 0.366. The van der Waals surface area contributed by atoms with Crippen LogP contribution in [0.3, 0.4) is 0 Å². The molecule has 0 N–H and O–H groups in total. The van der Waals surface area contributed by atoms with Crippen LogP contribution in [0.5, 0.6) is 11.5 Å². The van der Waals surface area contributed by atoms with Gasteiger partial charge in [0.2, 0.25) is 0 Å². The summed E-state index contributed by atoms with van der Waals surface area (Å²) in [6.07, 6.45) is 14.3. The third-order valence-electron chi connectivity index (χ3n) is 5.71. The van der Waals surface area contributed by atoms with Gasteiger partial charge in [0.15, 0.2) is 0 Å². The molecule has 31 heavy (non-hydrogen) atoms. The lowest BCUT2D eigenvalue weighted by Gasteiger charge is -2.17. The second-order valence-electron chi connectivity index (χ2n) is 8.32. The molecule has 2 aromatic carbocycles. The van der Waals surface area contributed by atoms with E-state index in [1.54, 1.807) is 12.1 Å². The SMILES string of the molecule is CCCCCCCOc1ccc(C(=O)Oc2ccc(C=NC3CCCCC3)cc2)cc1. The molecule has 0 atom stereocenters. The summed E-state index contributed by atoms with van der Waals surface area (Å²) < 4.78 is 11.3. The molecule has 1 aliphatic rings. The van der Waals surface area contributed by atoms with Crippen molar-refractivity contribution in [2.45, 2.75) is 77.2 Å². The molecule has 1 saturated carbocycles. The highest BCUT2D eigenvalue weighted by atomic mass is 16.5. The lowest BCUT2D eigenvalue weighted by atomic mass is 9.96. The number of benzene rings is 2. The highest BCUT2D eigenvalue weighted by Gasteiger charge is 2.11. The Morgan fingerprint density at radius 3 is 2.29 bits per heavy atom. The minimum Gasteiger partial charge on any atom is -0.494 e. The molecule has 0 amide bonds. The first-order chi connectivity index (χ1) is 15.2. The average molecular weight is 422 g/mol. The van der Waals surface area contributed by atoms with Crippen LogP contribution in [0.1, 0.15) is 87.1 Å². The Morgan fingerprint density at radius 1 is 0.903 bits per heavy atom. The van der Waals surface area contributed by atoms with Gasteiger partial charge in [0.25, 0.3) is 0 Å². The number of esters is 1. The van der Waals surface area contributed by atoms with Crippen molar-refractivity contribution >= 4 is 12.2 Å². The molecule has 0 spiro atoms. The van der Waals surface area contributed by atoms with Gasteiger partial charge in [-0.15, -0.1) is 0 Å². The molecule has 3 rings (SSSR count). The standard InChI is InChI=1S/C27H35NO3/c1-2-3-4-5-9-20-30-25-18-14-23(15-19-25)27(29)31-26-16-12-22(13-17-26)21-28-24-10-7-6-8-11-24/h12-19,21,24H,2-11,20H2,1H3. The van der Waals surface area contributed by atoms with Crippen molar-refractivity contribution in [3.63, 3.8) is 0 Å². The highest BCUT2D eigenvalue weighted by Crippen LogP contribution is 2.21. The number of aliphatic imine (C=N–C) groups is 1. The smallest absolute Gasteiger partial charge is 0.343 e. The Balaban J connectivity index is 1.43. The van der Waals surface area contributed by atoms with E-state index in [1.807, 2.05) is 42.6 Å². The number of rotatable bonds is 11. The van der Waals surface area contributed by atoms with Crippen molar-refractivity contribution in [3.05, 3.63) is 59.7 Å². The lowest BCUT2D eigenvalue weighted by Crippen LogP contribution is -2.09. The first kappa shape index (κ1) is 23.1. The van der Waals surface area contributed by atoms with Gasteiger partial charge in [-0.25, -0.2) is 4.79 Å². The largest absolute Gasteiger partial charge is 0.494 e. The zero-order chi connectivity index (χ0) is 21.7. The van der Waals surface area contributed by atoms with E-state index >= 15 is 0 Å². The fourth-order valence-electron chi connectivity index (χ4n) is 3.79. The molecule has 0 aliphatic heterocycles. The van der Waals surface area contributed by atoms with Crippen molar-refractivity contribution in [2.24, 2.45) is 4.99 Å². The van der Waals surface area contributed by atoms with E-state index in [2.05, 4.69) is 6.92 Å². The third kappa shape index (κ3) is 8.20. The molecule has 4 heteroatoms. The van der Waals surface area contributed by atoms with Crippen molar-refractivity contribution in [1.82, 2.24) is 0 Å². The Labute approximate surface area is 186 Å². The molecular formula is C27H35NO3. The summed E-state index contributed by atoms with van der Waals surface area (Å²) in [5.74, 6) is 0.954. The summed E-state index contributed by atoms with van der Waals surface area (Å²) >= 11 is 0. The van der Waals surface area contributed by atoms with Gasteiger partial charge >= 0.3 is 5.97 Å².